The second kappa shape index (κ2) is 7.33. The molecule has 0 amide bonds. The van der Waals surface area contributed by atoms with Crippen molar-refractivity contribution >= 4 is 0 Å². The molecule has 1 fully saturated rings. The van der Waals surface area contributed by atoms with Crippen LogP contribution in [-0.2, 0) is 11.3 Å². The van der Waals surface area contributed by atoms with Crippen LogP contribution in [0, 0.1) is 0 Å². The number of nitrogens with one attached hydrogen (secondary N) is 1. The van der Waals surface area contributed by atoms with Gasteiger partial charge in [-0.05, 0) is 6.07 Å². The summed E-state index contributed by atoms with van der Waals surface area (Å²) in [5, 5.41) is 13.3. The van der Waals surface area contributed by atoms with Crippen LogP contribution in [-0.4, -0.2) is 56.5 Å². The lowest BCUT2D eigenvalue weighted by Crippen LogP contribution is -2.40. The van der Waals surface area contributed by atoms with Crippen LogP contribution in [0.1, 0.15) is 5.56 Å². The van der Waals surface area contributed by atoms with Crippen molar-refractivity contribution in [3.63, 3.8) is 0 Å². The van der Waals surface area contributed by atoms with Gasteiger partial charge in [-0.15, -0.1) is 0 Å². The Morgan fingerprint density at radius 3 is 2.89 bits per heavy atom. The van der Waals surface area contributed by atoms with Gasteiger partial charge in [0.05, 0.1) is 20.3 Å². The topological polar surface area (TPSA) is 54.0 Å². The van der Waals surface area contributed by atoms with Gasteiger partial charge in [-0.3, -0.25) is 4.90 Å². The molecule has 0 atom stereocenters. The van der Waals surface area contributed by atoms with E-state index in [4.69, 9.17) is 9.47 Å². The van der Waals surface area contributed by atoms with Crippen LogP contribution in [0.4, 0.5) is 0 Å². The average Bonchev–Trinajstić information content (AvgIpc) is 2.46. The third kappa shape index (κ3) is 4.09. The van der Waals surface area contributed by atoms with E-state index in [-0.39, 0.29) is 5.75 Å². The van der Waals surface area contributed by atoms with E-state index in [9.17, 15) is 5.11 Å². The second-order valence-electron chi connectivity index (χ2n) is 4.60. The number of nitrogens with zero attached hydrogens (tertiary/aromatic N) is 1. The van der Waals surface area contributed by atoms with Crippen molar-refractivity contribution < 1.29 is 14.6 Å². The molecule has 1 aromatic carbocycles. The van der Waals surface area contributed by atoms with Crippen LogP contribution < -0.4 is 10.1 Å². The van der Waals surface area contributed by atoms with Crippen LogP contribution in [0.25, 0.3) is 0 Å². The van der Waals surface area contributed by atoms with Crippen molar-refractivity contribution in [1.82, 2.24) is 10.2 Å². The summed E-state index contributed by atoms with van der Waals surface area (Å²) in [6.07, 6.45) is 0. The zero-order chi connectivity index (χ0) is 13.5. The Morgan fingerprint density at radius 1 is 1.37 bits per heavy atom. The number of aromatic hydroxyl groups is 1. The summed E-state index contributed by atoms with van der Waals surface area (Å²) < 4.78 is 10.4. The molecule has 1 heterocycles. The lowest BCUT2D eigenvalue weighted by atomic mass is 10.2. The zero-order valence-electron chi connectivity index (χ0n) is 11.4. The molecule has 1 aliphatic heterocycles. The number of benzene rings is 1. The molecule has 5 heteroatoms. The normalized spacial score (nSPS) is 16.5. The van der Waals surface area contributed by atoms with Crippen molar-refractivity contribution in [3.8, 4) is 11.5 Å². The van der Waals surface area contributed by atoms with E-state index in [1.54, 1.807) is 13.2 Å². The smallest absolute Gasteiger partial charge is 0.162 e. The molecule has 106 valence electrons. The van der Waals surface area contributed by atoms with Crippen LogP contribution in [0.3, 0.4) is 0 Å². The van der Waals surface area contributed by atoms with Gasteiger partial charge >= 0.3 is 0 Å². The minimum Gasteiger partial charge on any atom is -0.504 e. The van der Waals surface area contributed by atoms with E-state index in [1.807, 2.05) is 12.1 Å². The summed E-state index contributed by atoms with van der Waals surface area (Å²) in [4.78, 5) is 2.38. The van der Waals surface area contributed by atoms with E-state index >= 15 is 0 Å². The van der Waals surface area contributed by atoms with Gasteiger partial charge in [-0.2, -0.15) is 0 Å². The van der Waals surface area contributed by atoms with Gasteiger partial charge in [0, 0.05) is 38.3 Å². The molecular weight excluding hydrogens is 244 g/mol. The number of phenolic OH excluding ortho intramolecular Hbond substituents is 1. The number of ether oxygens (including phenoxy) is 2. The Hall–Kier alpha value is -1.30. The molecule has 0 saturated carbocycles. The maximum atomic E-state index is 9.94. The molecule has 19 heavy (non-hydrogen) atoms. The molecule has 0 spiro atoms. The van der Waals surface area contributed by atoms with Crippen molar-refractivity contribution in [3.05, 3.63) is 23.8 Å². The van der Waals surface area contributed by atoms with Gasteiger partial charge < -0.3 is 19.9 Å². The van der Waals surface area contributed by atoms with E-state index < -0.39 is 0 Å². The van der Waals surface area contributed by atoms with Crippen molar-refractivity contribution in [1.29, 1.82) is 0 Å². The standard InChI is InChI=1S/C14H22N2O3/c1-18-13-4-2-3-12(14(13)17)11-15-5-6-16-7-9-19-10-8-16/h2-4,15,17H,5-11H2,1H3. The van der Waals surface area contributed by atoms with Gasteiger partial charge in [0.1, 0.15) is 0 Å². The monoisotopic (exact) mass is 266 g/mol. The average molecular weight is 266 g/mol. The lowest BCUT2D eigenvalue weighted by Gasteiger charge is -2.26. The Kier molecular flexibility index (Phi) is 5.44. The van der Waals surface area contributed by atoms with Crippen molar-refractivity contribution in [2.24, 2.45) is 0 Å². The number of rotatable bonds is 6. The molecule has 1 aliphatic rings. The predicted octanol–water partition coefficient (Wildman–Crippen LogP) is 0.823. The van der Waals surface area contributed by atoms with E-state index in [1.165, 1.54) is 0 Å². The molecular formula is C14H22N2O3. The second-order valence-corrected chi connectivity index (χ2v) is 4.60. The third-order valence-corrected chi connectivity index (χ3v) is 3.33. The fourth-order valence-corrected chi connectivity index (χ4v) is 2.16. The Labute approximate surface area is 114 Å². The first kappa shape index (κ1) is 14.1. The summed E-state index contributed by atoms with van der Waals surface area (Å²) in [6.45, 7) is 6.23. The molecule has 1 aromatic rings. The minimum atomic E-state index is 0.226. The number of para-hydroxylation sites is 1. The highest BCUT2D eigenvalue weighted by Gasteiger charge is 2.10. The first-order valence-corrected chi connectivity index (χ1v) is 6.67. The molecule has 0 aromatic heterocycles. The Bertz CT molecular complexity index is 392. The maximum Gasteiger partial charge on any atom is 0.162 e. The SMILES string of the molecule is COc1cccc(CNCCN2CCOCC2)c1O. The van der Waals surface area contributed by atoms with Gasteiger partial charge in [0.25, 0.3) is 0 Å². The zero-order valence-corrected chi connectivity index (χ0v) is 11.4. The summed E-state index contributed by atoms with van der Waals surface area (Å²) in [5.74, 6) is 0.747. The van der Waals surface area contributed by atoms with Crippen LogP contribution in [0.5, 0.6) is 11.5 Å². The van der Waals surface area contributed by atoms with Gasteiger partial charge in [-0.25, -0.2) is 0 Å². The van der Waals surface area contributed by atoms with Crippen molar-refractivity contribution in [2.75, 3.05) is 46.5 Å². The highest BCUT2D eigenvalue weighted by Crippen LogP contribution is 2.28. The number of phenols is 1. The minimum absolute atomic E-state index is 0.226. The summed E-state index contributed by atoms with van der Waals surface area (Å²) in [7, 11) is 1.56. The summed E-state index contributed by atoms with van der Waals surface area (Å²) in [5.41, 5.74) is 0.862. The van der Waals surface area contributed by atoms with E-state index in [0.29, 0.717) is 12.3 Å². The molecule has 0 radical (unpaired) electrons. The number of hydrogen-bond donors (Lipinski definition) is 2. The van der Waals surface area contributed by atoms with Crippen LogP contribution >= 0.6 is 0 Å². The molecule has 5 nitrogen and oxygen atoms in total. The van der Waals surface area contributed by atoms with E-state index in [2.05, 4.69) is 10.2 Å². The fraction of sp³-hybridized carbons (Fsp3) is 0.571. The largest absolute Gasteiger partial charge is 0.504 e. The van der Waals surface area contributed by atoms with Crippen LogP contribution in [0.2, 0.25) is 0 Å². The van der Waals surface area contributed by atoms with Gasteiger partial charge in [-0.1, -0.05) is 12.1 Å². The van der Waals surface area contributed by atoms with Gasteiger partial charge in [0.2, 0.25) is 0 Å². The first-order chi connectivity index (χ1) is 9.31. The van der Waals surface area contributed by atoms with Crippen LogP contribution in [0.15, 0.2) is 18.2 Å². The summed E-state index contributed by atoms with van der Waals surface area (Å²) in [6, 6.07) is 5.55. The highest BCUT2D eigenvalue weighted by molar-refractivity contribution is 5.45. The van der Waals surface area contributed by atoms with Crippen molar-refractivity contribution in [2.45, 2.75) is 6.54 Å². The Balaban J connectivity index is 1.73. The molecule has 0 bridgehead atoms. The van der Waals surface area contributed by atoms with E-state index in [0.717, 1.165) is 45.0 Å². The molecule has 0 unspecified atom stereocenters. The number of hydrogen-bond acceptors (Lipinski definition) is 5. The highest BCUT2D eigenvalue weighted by atomic mass is 16.5. The molecule has 2 rings (SSSR count). The number of morpholine rings is 1. The van der Waals surface area contributed by atoms with Gasteiger partial charge in [0.15, 0.2) is 11.5 Å². The molecule has 2 N–H and O–H groups in total. The molecule has 0 aliphatic carbocycles. The lowest BCUT2D eigenvalue weighted by molar-refractivity contribution is 0.0384. The number of methoxy groups -OCH3 is 1. The summed E-state index contributed by atoms with van der Waals surface area (Å²) >= 11 is 0. The first-order valence-electron chi connectivity index (χ1n) is 6.67. The quantitative estimate of drug-likeness (QED) is 0.747. The fourth-order valence-electron chi connectivity index (χ4n) is 2.16. The maximum absolute atomic E-state index is 9.94. The molecule has 1 saturated heterocycles. The Morgan fingerprint density at radius 2 is 2.16 bits per heavy atom. The predicted molar refractivity (Wildman–Crippen MR) is 73.6 cm³/mol. The third-order valence-electron chi connectivity index (χ3n) is 3.33.